The second-order valence-corrected chi connectivity index (χ2v) is 9.26. The van der Waals surface area contributed by atoms with Gasteiger partial charge in [0, 0.05) is 20.7 Å². The summed E-state index contributed by atoms with van der Waals surface area (Å²) in [6.45, 7) is 0. The summed E-state index contributed by atoms with van der Waals surface area (Å²) in [7, 11) is 0. The molecule has 0 radical (unpaired) electrons. The summed E-state index contributed by atoms with van der Waals surface area (Å²) < 4.78 is 173. The van der Waals surface area contributed by atoms with E-state index in [1.165, 1.54) is 0 Å². The number of hydrogen-bond donors (Lipinski definition) is 0. The Morgan fingerprint density at radius 2 is 0.679 bits per heavy atom. The van der Waals surface area contributed by atoms with E-state index in [2.05, 4.69) is 0 Å². The molecule has 0 aromatic heterocycles. The molecule has 170 valence electrons. The minimum atomic E-state index is -6.55. The standard InChI is InChI=1S/C12H10F14I2/c13-7(14,9(17,18)11(21,22)23)3-5(27)1-2-6(28)4-8(15,16)10(19,20)12(24,25)26/h5-6H,1-4H2. The zero-order chi connectivity index (χ0) is 23.0. The summed E-state index contributed by atoms with van der Waals surface area (Å²) >= 11 is 2.07. The molecule has 28 heavy (non-hydrogen) atoms. The van der Waals surface area contributed by atoms with E-state index in [9.17, 15) is 61.5 Å². The van der Waals surface area contributed by atoms with E-state index in [-0.39, 0.29) is 0 Å². The van der Waals surface area contributed by atoms with Crippen molar-refractivity contribution in [1.29, 1.82) is 0 Å². The average Bonchev–Trinajstić information content (AvgIpc) is 2.41. The van der Waals surface area contributed by atoms with Gasteiger partial charge in [-0.05, 0) is 12.8 Å². The summed E-state index contributed by atoms with van der Waals surface area (Å²) in [5.41, 5.74) is 0. The average molecular weight is 674 g/mol. The lowest BCUT2D eigenvalue weighted by atomic mass is 10.00. The van der Waals surface area contributed by atoms with Crippen molar-refractivity contribution < 1.29 is 61.5 Å². The Labute approximate surface area is 176 Å². The third kappa shape index (κ3) is 6.49. The Balaban J connectivity index is 4.91. The third-order valence-corrected chi connectivity index (χ3v) is 5.51. The van der Waals surface area contributed by atoms with Gasteiger partial charge in [0.15, 0.2) is 0 Å². The van der Waals surface area contributed by atoms with Crippen LogP contribution in [0.3, 0.4) is 0 Å². The molecule has 0 aromatic rings. The van der Waals surface area contributed by atoms with Crippen LogP contribution >= 0.6 is 45.2 Å². The van der Waals surface area contributed by atoms with Crippen LogP contribution < -0.4 is 0 Å². The fourth-order valence-corrected chi connectivity index (χ4v) is 3.62. The molecule has 0 heterocycles. The quantitative estimate of drug-likeness (QED) is 0.133. The first kappa shape index (κ1) is 28.5. The molecule has 0 amide bonds. The molecule has 0 saturated heterocycles. The zero-order valence-corrected chi connectivity index (χ0v) is 17.3. The Morgan fingerprint density at radius 3 is 0.857 bits per heavy atom. The Kier molecular flexibility index (Phi) is 9.07. The second kappa shape index (κ2) is 8.92. The maximum absolute atomic E-state index is 13.2. The highest BCUT2D eigenvalue weighted by molar-refractivity contribution is 14.1. The van der Waals surface area contributed by atoms with Crippen molar-refractivity contribution in [2.45, 2.75) is 69.6 Å². The highest BCUT2D eigenvalue weighted by Gasteiger charge is 2.73. The fraction of sp³-hybridized carbons (Fsp3) is 1.00. The molecule has 0 N–H and O–H groups in total. The van der Waals surface area contributed by atoms with Crippen molar-refractivity contribution in [3.8, 4) is 0 Å². The first-order chi connectivity index (χ1) is 12.0. The van der Waals surface area contributed by atoms with Gasteiger partial charge in [0.1, 0.15) is 0 Å². The summed E-state index contributed by atoms with van der Waals surface area (Å²) in [4.78, 5) is 0. The molecular formula is C12H10F14I2. The van der Waals surface area contributed by atoms with Crippen LogP contribution in [0.1, 0.15) is 25.7 Å². The molecule has 0 nitrogen and oxygen atoms in total. The predicted octanol–water partition coefficient (Wildman–Crippen LogP) is 7.82. The summed E-state index contributed by atoms with van der Waals surface area (Å²) in [6, 6.07) is 0. The van der Waals surface area contributed by atoms with Gasteiger partial charge in [-0.2, -0.15) is 61.5 Å². The summed E-state index contributed by atoms with van der Waals surface area (Å²) in [5.74, 6) is -23.8. The van der Waals surface area contributed by atoms with Crippen LogP contribution in [0.25, 0.3) is 0 Å². The van der Waals surface area contributed by atoms with Gasteiger partial charge in [0.05, 0.1) is 0 Å². The lowest BCUT2D eigenvalue weighted by Gasteiger charge is -2.30. The Morgan fingerprint density at radius 1 is 0.464 bits per heavy atom. The van der Waals surface area contributed by atoms with E-state index >= 15 is 0 Å². The van der Waals surface area contributed by atoms with E-state index in [1.807, 2.05) is 0 Å². The van der Waals surface area contributed by atoms with Crippen molar-refractivity contribution in [2.24, 2.45) is 0 Å². The molecule has 0 rings (SSSR count). The normalized spacial score (nSPS) is 17.6. The van der Waals surface area contributed by atoms with Crippen LogP contribution in [-0.4, -0.2) is 43.9 Å². The lowest BCUT2D eigenvalue weighted by molar-refractivity contribution is -0.355. The maximum atomic E-state index is 13.2. The molecule has 0 aliphatic rings. The number of hydrogen-bond acceptors (Lipinski definition) is 0. The Bertz CT molecular complexity index is 463. The van der Waals surface area contributed by atoms with Crippen LogP contribution in [0, 0.1) is 0 Å². The van der Waals surface area contributed by atoms with Gasteiger partial charge in [-0.1, -0.05) is 45.2 Å². The van der Waals surface area contributed by atoms with Gasteiger partial charge in [-0.15, -0.1) is 0 Å². The first-order valence-electron chi connectivity index (χ1n) is 6.92. The van der Waals surface area contributed by atoms with Gasteiger partial charge in [-0.3, -0.25) is 0 Å². The molecule has 2 atom stereocenters. The van der Waals surface area contributed by atoms with Crippen molar-refractivity contribution in [3.05, 3.63) is 0 Å². The van der Waals surface area contributed by atoms with Crippen molar-refractivity contribution in [3.63, 3.8) is 0 Å². The molecule has 16 heteroatoms. The van der Waals surface area contributed by atoms with E-state index in [0.29, 0.717) is 0 Å². The molecule has 0 spiro atoms. The van der Waals surface area contributed by atoms with E-state index in [0.717, 1.165) is 45.2 Å². The fourth-order valence-electron chi connectivity index (χ4n) is 1.79. The molecule has 0 saturated carbocycles. The monoisotopic (exact) mass is 674 g/mol. The van der Waals surface area contributed by atoms with Gasteiger partial charge < -0.3 is 0 Å². The van der Waals surface area contributed by atoms with E-state index in [4.69, 9.17) is 0 Å². The molecule has 0 fully saturated rings. The minimum absolute atomic E-state index is 0.703. The largest absolute Gasteiger partial charge is 0.459 e. The lowest BCUT2D eigenvalue weighted by Crippen LogP contribution is -2.53. The van der Waals surface area contributed by atoms with Crippen LogP contribution in [0.2, 0.25) is 0 Å². The van der Waals surface area contributed by atoms with Gasteiger partial charge in [-0.25, -0.2) is 0 Å². The number of alkyl halides is 16. The van der Waals surface area contributed by atoms with Crippen LogP contribution in [0.4, 0.5) is 61.5 Å². The van der Waals surface area contributed by atoms with Crippen LogP contribution in [0.5, 0.6) is 0 Å². The van der Waals surface area contributed by atoms with Crippen molar-refractivity contribution in [1.82, 2.24) is 0 Å². The van der Waals surface area contributed by atoms with E-state index in [1.54, 1.807) is 0 Å². The molecule has 0 bridgehead atoms. The first-order valence-corrected chi connectivity index (χ1v) is 9.41. The van der Waals surface area contributed by atoms with E-state index < -0.39 is 69.6 Å². The maximum Gasteiger partial charge on any atom is 0.459 e. The van der Waals surface area contributed by atoms with Crippen molar-refractivity contribution in [2.75, 3.05) is 0 Å². The molecular weight excluding hydrogens is 664 g/mol. The SMILES string of the molecule is FC(F)(F)C(F)(F)C(F)(F)CC(I)CCC(I)CC(F)(F)C(F)(F)C(F)(F)F. The number of halogens is 16. The van der Waals surface area contributed by atoms with Crippen molar-refractivity contribution >= 4 is 45.2 Å². The van der Waals surface area contributed by atoms with Gasteiger partial charge in [0.2, 0.25) is 0 Å². The van der Waals surface area contributed by atoms with Gasteiger partial charge >= 0.3 is 36.0 Å². The second-order valence-electron chi connectivity index (χ2n) is 5.73. The number of rotatable bonds is 9. The van der Waals surface area contributed by atoms with Gasteiger partial charge in [0.25, 0.3) is 0 Å². The van der Waals surface area contributed by atoms with Crippen LogP contribution in [-0.2, 0) is 0 Å². The molecule has 2 unspecified atom stereocenters. The Hall–Kier alpha value is 0.480. The van der Waals surface area contributed by atoms with Crippen LogP contribution in [0.15, 0.2) is 0 Å². The smallest absolute Gasteiger partial charge is 0.199 e. The minimum Gasteiger partial charge on any atom is -0.199 e. The highest BCUT2D eigenvalue weighted by atomic mass is 127. The summed E-state index contributed by atoms with van der Waals surface area (Å²) in [5, 5.41) is 0. The topological polar surface area (TPSA) is 0 Å². The third-order valence-electron chi connectivity index (χ3n) is 3.38. The highest BCUT2D eigenvalue weighted by Crippen LogP contribution is 2.51. The predicted molar refractivity (Wildman–Crippen MR) is 86.0 cm³/mol. The molecule has 0 aliphatic carbocycles. The molecule has 0 aromatic carbocycles. The summed E-state index contributed by atoms with van der Waals surface area (Å²) in [6.07, 6.45) is -18.5. The molecule has 0 aliphatic heterocycles. The zero-order valence-electron chi connectivity index (χ0n) is 13.0.